The molecule has 17 heavy (non-hydrogen) atoms. The van der Waals surface area contributed by atoms with Gasteiger partial charge in [-0.25, -0.2) is 4.98 Å². The number of hydrogen-bond donors (Lipinski definition) is 1. The van der Waals surface area contributed by atoms with Crippen molar-refractivity contribution in [1.29, 1.82) is 0 Å². The molecular weight excluding hydrogens is 282 g/mol. The number of hydrogen-bond acceptors (Lipinski definition) is 3. The minimum Gasteiger partial charge on any atom is -0.488 e. The molecule has 2 N–H and O–H groups in total. The Kier molecular flexibility index (Phi) is 3.68. The average molecular weight is 296 g/mol. The van der Waals surface area contributed by atoms with Gasteiger partial charge >= 0.3 is 0 Å². The number of aromatic nitrogens is 2. The van der Waals surface area contributed by atoms with E-state index in [4.69, 9.17) is 10.5 Å². The summed E-state index contributed by atoms with van der Waals surface area (Å²) in [4.78, 5) is 4.15. The van der Waals surface area contributed by atoms with E-state index < -0.39 is 0 Å². The monoisotopic (exact) mass is 295 g/mol. The molecule has 1 aromatic heterocycles. The largest absolute Gasteiger partial charge is 0.488 e. The molecule has 5 heteroatoms. The number of nitrogen functional groups attached to an aromatic ring is 1. The van der Waals surface area contributed by atoms with E-state index in [1.165, 1.54) is 0 Å². The van der Waals surface area contributed by atoms with Crippen molar-refractivity contribution in [3.63, 3.8) is 0 Å². The summed E-state index contributed by atoms with van der Waals surface area (Å²) in [7, 11) is 0. The molecule has 0 aliphatic heterocycles. The van der Waals surface area contributed by atoms with Crippen molar-refractivity contribution in [2.75, 3.05) is 12.3 Å². The Bertz CT molecular complexity index is 490. The summed E-state index contributed by atoms with van der Waals surface area (Å²) in [6.45, 7) is 3.28. The topological polar surface area (TPSA) is 53.1 Å². The zero-order valence-electron chi connectivity index (χ0n) is 9.56. The number of para-hydroxylation sites is 1. The van der Waals surface area contributed by atoms with Crippen LogP contribution in [-0.2, 0) is 6.54 Å². The third kappa shape index (κ3) is 2.79. The number of imidazole rings is 1. The summed E-state index contributed by atoms with van der Waals surface area (Å²) in [6, 6.07) is 5.61. The van der Waals surface area contributed by atoms with Gasteiger partial charge in [0.25, 0.3) is 0 Å². The Morgan fingerprint density at radius 1 is 1.47 bits per heavy atom. The number of nitrogens with zero attached hydrogens (tertiary/aromatic N) is 2. The van der Waals surface area contributed by atoms with Crippen LogP contribution in [0, 0.1) is 6.92 Å². The number of rotatable bonds is 4. The van der Waals surface area contributed by atoms with E-state index in [9.17, 15) is 0 Å². The average Bonchev–Trinajstić information content (AvgIpc) is 2.69. The van der Waals surface area contributed by atoms with Crippen molar-refractivity contribution in [2.45, 2.75) is 13.5 Å². The number of anilines is 1. The first-order valence-electron chi connectivity index (χ1n) is 5.33. The van der Waals surface area contributed by atoms with E-state index in [0.717, 1.165) is 16.8 Å². The van der Waals surface area contributed by atoms with Crippen LogP contribution in [0.1, 0.15) is 5.82 Å². The van der Waals surface area contributed by atoms with Gasteiger partial charge in [-0.1, -0.05) is 6.07 Å². The number of aryl methyl sites for hydroxylation is 1. The van der Waals surface area contributed by atoms with Gasteiger partial charge in [-0.05, 0) is 35.0 Å². The number of nitrogens with two attached hydrogens (primary N) is 1. The maximum absolute atomic E-state index is 5.84. The summed E-state index contributed by atoms with van der Waals surface area (Å²) >= 11 is 3.42. The molecule has 0 atom stereocenters. The summed E-state index contributed by atoms with van der Waals surface area (Å²) in [5.41, 5.74) is 6.48. The smallest absolute Gasteiger partial charge is 0.156 e. The van der Waals surface area contributed by atoms with Crippen molar-refractivity contribution < 1.29 is 4.74 Å². The lowest BCUT2D eigenvalue weighted by atomic mass is 10.3. The number of ether oxygens (including phenoxy) is 1. The SMILES string of the molecule is Cc1nccn1CCOc1c(N)cccc1Br. The van der Waals surface area contributed by atoms with Gasteiger partial charge in [-0.15, -0.1) is 0 Å². The van der Waals surface area contributed by atoms with Gasteiger partial charge in [0.15, 0.2) is 5.75 Å². The molecule has 2 rings (SSSR count). The van der Waals surface area contributed by atoms with Crippen LogP contribution in [-0.4, -0.2) is 16.2 Å². The standard InChI is InChI=1S/C12H14BrN3O/c1-9-15-5-6-16(9)7-8-17-12-10(13)3-2-4-11(12)14/h2-6H,7-8,14H2,1H3. The highest BCUT2D eigenvalue weighted by Gasteiger charge is 2.05. The summed E-state index contributed by atoms with van der Waals surface area (Å²) in [5.74, 6) is 1.68. The van der Waals surface area contributed by atoms with Gasteiger partial charge in [-0.2, -0.15) is 0 Å². The molecule has 2 aromatic rings. The second-order valence-corrected chi connectivity index (χ2v) is 4.53. The van der Waals surface area contributed by atoms with E-state index >= 15 is 0 Å². The van der Waals surface area contributed by atoms with Crippen molar-refractivity contribution in [2.24, 2.45) is 0 Å². The second-order valence-electron chi connectivity index (χ2n) is 3.67. The van der Waals surface area contributed by atoms with Gasteiger partial charge in [0, 0.05) is 12.4 Å². The van der Waals surface area contributed by atoms with Crippen molar-refractivity contribution in [3.8, 4) is 5.75 Å². The van der Waals surface area contributed by atoms with Crippen molar-refractivity contribution in [1.82, 2.24) is 9.55 Å². The predicted octanol–water partition coefficient (Wildman–Crippen LogP) is 2.62. The molecule has 0 aliphatic carbocycles. The van der Waals surface area contributed by atoms with E-state index in [-0.39, 0.29) is 0 Å². The highest BCUT2D eigenvalue weighted by Crippen LogP contribution is 2.30. The van der Waals surface area contributed by atoms with Gasteiger partial charge in [0.2, 0.25) is 0 Å². The quantitative estimate of drug-likeness (QED) is 0.882. The van der Waals surface area contributed by atoms with Crippen LogP contribution in [0.2, 0.25) is 0 Å². The van der Waals surface area contributed by atoms with Crippen LogP contribution in [0.15, 0.2) is 35.1 Å². The summed E-state index contributed by atoms with van der Waals surface area (Å²) < 4.78 is 8.59. The predicted molar refractivity (Wildman–Crippen MR) is 71.0 cm³/mol. The molecule has 90 valence electrons. The molecular formula is C12H14BrN3O. The lowest BCUT2D eigenvalue weighted by Gasteiger charge is -2.11. The fourth-order valence-corrected chi connectivity index (χ4v) is 2.06. The fraction of sp³-hybridized carbons (Fsp3) is 0.250. The van der Waals surface area contributed by atoms with Crippen LogP contribution in [0.3, 0.4) is 0 Å². The first kappa shape index (κ1) is 12.0. The Morgan fingerprint density at radius 2 is 2.29 bits per heavy atom. The third-order valence-electron chi connectivity index (χ3n) is 2.50. The van der Waals surface area contributed by atoms with Crippen molar-refractivity contribution in [3.05, 3.63) is 40.9 Å². The van der Waals surface area contributed by atoms with Crippen LogP contribution in [0.25, 0.3) is 0 Å². The van der Waals surface area contributed by atoms with E-state index in [2.05, 4.69) is 20.9 Å². The Labute approximate surface area is 109 Å². The molecule has 0 amide bonds. The van der Waals surface area contributed by atoms with Crippen LogP contribution >= 0.6 is 15.9 Å². The molecule has 4 nitrogen and oxygen atoms in total. The lowest BCUT2D eigenvalue weighted by molar-refractivity contribution is 0.297. The zero-order valence-corrected chi connectivity index (χ0v) is 11.1. The zero-order chi connectivity index (χ0) is 12.3. The molecule has 0 bridgehead atoms. The van der Waals surface area contributed by atoms with Gasteiger partial charge in [-0.3, -0.25) is 0 Å². The van der Waals surface area contributed by atoms with E-state index in [1.807, 2.05) is 35.9 Å². The van der Waals surface area contributed by atoms with Crippen LogP contribution in [0.4, 0.5) is 5.69 Å². The van der Waals surface area contributed by atoms with Crippen LogP contribution in [0.5, 0.6) is 5.75 Å². The summed E-state index contributed by atoms with van der Waals surface area (Å²) in [5, 5.41) is 0. The Morgan fingerprint density at radius 3 is 2.94 bits per heavy atom. The first-order chi connectivity index (χ1) is 8.18. The molecule has 0 radical (unpaired) electrons. The minimum atomic E-state index is 0.560. The maximum Gasteiger partial charge on any atom is 0.156 e. The second kappa shape index (κ2) is 5.23. The highest BCUT2D eigenvalue weighted by molar-refractivity contribution is 9.10. The molecule has 0 saturated carbocycles. The normalized spacial score (nSPS) is 10.5. The number of benzene rings is 1. The van der Waals surface area contributed by atoms with E-state index in [0.29, 0.717) is 18.0 Å². The Hall–Kier alpha value is -1.49. The summed E-state index contributed by atoms with van der Waals surface area (Å²) in [6.07, 6.45) is 3.71. The van der Waals surface area contributed by atoms with Gasteiger partial charge in [0.1, 0.15) is 12.4 Å². The molecule has 0 saturated heterocycles. The molecule has 0 spiro atoms. The van der Waals surface area contributed by atoms with Crippen molar-refractivity contribution >= 4 is 21.6 Å². The molecule has 0 fully saturated rings. The molecule has 1 aromatic carbocycles. The third-order valence-corrected chi connectivity index (χ3v) is 3.12. The molecule has 0 unspecified atom stereocenters. The highest BCUT2D eigenvalue weighted by atomic mass is 79.9. The lowest BCUT2D eigenvalue weighted by Crippen LogP contribution is -2.09. The Balaban J connectivity index is 1.97. The van der Waals surface area contributed by atoms with Gasteiger partial charge < -0.3 is 15.0 Å². The maximum atomic E-state index is 5.84. The minimum absolute atomic E-state index is 0.560. The molecule has 0 aliphatic rings. The fourth-order valence-electron chi connectivity index (χ4n) is 1.56. The van der Waals surface area contributed by atoms with Crippen LogP contribution < -0.4 is 10.5 Å². The first-order valence-corrected chi connectivity index (χ1v) is 6.12. The number of halogens is 1. The van der Waals surface area contributed by atoms with E-state index in [1.54, 1.807) is 6.20 Å². The molecule has 1 heterocycles. The van der Waals surface area contributed by atoms with Gasteiger partial charge in [0.05, 0.1) is 16.7 Å².